The Morgan fingerprint density at radius 2 is 1.75 bits per heavy atom. The molecule has 0 fully saturated rings. The van der Waals surface area contributed by atoms with Crippen molar-refractivity contribution in [2.24, 2.45) is 14.1 Å². The minimum atomic E-state index is -1.03. The van der Waals surface area contributed by atoms with Gasteiger partial charge in [-0.15, -0.1) is 5.48 Å². The predicted molar refractivity (Wildman–Crippen MR) is 101 cm³/mol. The number of hydroxylamine groups is 1. The predicted octanol–water partition coefficient (Wildman–Crippen LogP) is 1.04. The first-order chi connectivity index (χ1) is 13.0. The lowest BCUT2D eigenvalue weighted by Crippen LogP contribution is -2.44. The van der Waals surface area contributed by atoms with Gasteiger partial charge in [0.05, 0.1) is 22.3 Å². The molecule has 0 spiro atoms. The Morgan fingerprint density at radius 1 is 1.21 bits per heavy atom. The van der Waals surface area contributed by atoms with Crippen molar-refractivity contribution in [3.8, 4) is 5.69 Å². The van der Waals surface area contributed by atoms with Crippen molar-refractivity contribution >= 4 is 35.6 Å². The maximum absolute atomic E-state index is 14.5. The fourth-order valence-corrected chi connectivity index (χ4v) is 2.51. The molecule has 1 unspecified atom stereocenters. The normalized spacial score (nSPS) is 11.9. The van der Waals surface area contributed by atoms with E-state index >= 15 is 0 Å². The van der Waals surface area contributed by atoms with Gasteiger partial charge in [0.25, 0.3) is 0 Å². The van der Waals surface area contributed by atoms with Crippen molar-refractivity contribution in [2.45, 2.75) is 19.9 Å². The number of carbonyl (C=O) groups excluding carboxylic acids is 2. The molecular weight excluding hydrogens is 415 g/mol. The van der Waals surface area contributed by atoms with Gasteiger partial charge >= 0.3 is 17.3 Å². The molecule has 2 rings (SSSR count). The number of nitrogens with one attached hydrogen (secondary N) is 1. The van der Waals surface area contributed by atoms with Gasteiger partial charge in [-0.3, -0.25) is 13.9 Å². The topological polar surface area (TPSA) is 104 Å². The minimum Gasteiger partial charge on any atom is -0.366 e. The lowest BCUT2D eigenvalue weighted by atomic mass is 10.2. The van der Waals surface area contributed by atoms with Crippen molar-refractivity contribution < 1.29 is 18.8 Å². The Labute approximate surface area is 167 Å². The molecule has 0 aliphatic heterocycles. The van der Waals surface area contributed by atoms with Crippen LogP contribution < -0.4 is 16.9 Å². The van der Waals surface area contributed by atoms with Crippen LogP contribution in [0.25, 0.3) is 5.69 Å². The fourth-order valence-electron chi connectivity index (χ4n) is 2.12. The van der Waals surface area contributed by atoms with E-state index in [0.717, 1.165) is 21.3 Å². The first-order valence-corrected chi connectivity index (χ1v) is 8.61. The number of benzene rings is 1. The highest BCUT2D eigenvalue weighted by Gasteiger charge is 2.21. The second-order valence-corrected chi connectivity index (χ2v) is 6.70. The van der Waals surface area contributed by atoms with Crippen LogP contribution in [-0.2, 0) is 23.7 Å². The van der Waals surface area contributed by atoms with Crippen LogP contribution >= 0.6 is 23.8 Å². The summed E-state index contributed by atoms with van der Waals surface area (Å²) in [5, 5.41) is -0.308. The van der Waals surface area contributed by atoms with Crippen LogP contribution in [0.3, 0.4) is 0 Å². The van der Waals surface area contributed by atoms with Crippen LogP contribution in [-0.4, -0.2) is 31.5 Å². The Bertz CT molecular complexity index is 1110. The molecule has 9 nitrogen and oxygen atoms in total. The third-order valence-corrected chi connectivity index (χ3v) is 4.83. The van der Waals surface area contributed by atoms with Gasteiger partial charge in [0.15, 0.2) is 4.77 Å². The molecule has 1 heterocycles. The lowest BCUT2D eigenvalue weighted by Gasteiger charge is -2.14. The van der Waals surface area contributed by atoms with E-state index in [1.54, 1.807) is 0 Å². The van der Waals surface area contributed by atoms with Crippen LogP contribution in [0.1, 0.15) is 24.2 Å². The number of hydrogen-bond donors (Lipinski definition) is 1. The second-order valence-electron chi connectivity index (χ2n) is 5.92. The van der Waals surface area contributed by atoms with Crippen molar-refractivity contribution in [3.05, 3.63) is 54.3 Å². The number of hydrogen-bond acceptors (Lipinski definition) is 7. The first-order valence-electron chi connectivity index (χ1n) is 7.83. The van der Waals surface area contributed by atoms with Crippen LogP contribution in [0, 0.1) is 10.6 Å². The molecule has 0 saturated carbocycles. The van der Waals surface area contributed by atoms with E-state index in [4.69, 9.17) is 28.7 Å². The van der Waals surface area contributed by atoms with E-state index in [-0.39, 0.29) is 21.1 Å². The summed E-state index contributed by atoms with van der Waals surface area (Å²) in [5.74, 6) is -2.33. The molecule has 0 bridgehead atoms. The molecule has 0 amide bonds. The van der Waals surface area contributed by atoms with Gasteiger partial charge in [-0.1, -0.05) is 11.6 Å². The number of nitrogens with zero attached hydrogens (tertiary/aromatic N) is 3. The van der Waals surface area contributed by atoms with Crippen LogP contribution in [0.15, 0.2) is 21.7 Å². The van der Waals surface area contributed by atoms with Gasteiger partial charge in [-0.05, 0) is 38.2 Å². The molecule has 1 aromatic heterocycles. The molecule has 0 radical (unpaired) electrons. The number of Topliss-reactive ketones (excluding diaryl/α,β-unsaturated/α-hetero) is 1. The second kappa shape index (κ2) is 8.17. The zero-order chi connectivity index (χ0) is 21.3. The van der Waals surface area contributed by atoms with E-state index in [2.05, 4.69) is 5.48 Å². The molecule has 0 aliphatic rings. The lowest BCUT2D eigenvalue weighted by molar-refractivity contribution is -0.121. The van der Waals surface area contributed by atoms with Gasteiger partial charge in [0.2, 0.25) is 0 Å². The fraction of sp³-hybridized carbons (Fsp3) is 0.312. The molecule has 2 aromatic rings. The monoisotopic (exact) mass is 430 g/mol. The maximum atomic E-state index is 14.5. The zero-order valence-electron chi connectivity index (χ0n) is 15.3. The molecule has 0 saturated heterocycles. The molecule has 12 heteroatoms. The van der Waals surface area contributed by atoms with Crippen molar-refractivity contribution in [2.75, 3.05) is 0 Å². The van der Waals surface area contributed by atoms with E-state index in [0.29, 0.717) is 4.57 Å². The summed E-state index contributed by atoms with van der Waals surface area (Å²) >= 11 is 10.9. The van der Waals surface area contributed by atoms with Crippen molar-refractivity contribution in [1.29, 1.82) is 0 Å². The highest BCUT2D eigenvalue weighted by atomic mass is 35.5. The molecule has 28 heavy (non-hydrogen) atoms. The third kappa shape index (κ3) is 3.96. The van der Waals surface area contributed by atoms with Gasteiger partial charge < -0.3 is 4.84 Å². The highest BCUT2D eigenvalue weighted by molar-refractivity contribution is 7.71. The smallest absolute Gasteiger partial charge is 0.358 e. The summed E-state index contributed by atoms with van der Waals surface area (Å²) in [6.07, 6.45) is 0. The Kier molecular flexibility index (Phi) is 6.32. The quantitative estimate of drug-likeness (QED) is 0.558. The number of aromatic nitrogens is 3. The van der Waals surface area contributed by atoms with Crippen molar-refractivity contribution in [3.63, 3.8) is 0 Å². The van der Waals surface area contributed by atoms with E-state index in [1.165, 1.54) is 27.9 Å². The molecular formula is C16H16ClFN4O5S. The number of ketones is 1. The average Bonchev–Trinajstić information content (AvgIpc) is 2.64. The molecule has 150 valence electrons. The van der Waals surface area contributed by atoms with Crippen LogP contribution in [0.4, 0.5) is 4.39 Å². The molecule has 1 N–H and O–H groups in total. The summed E-state index contributed by atoms with van der Waals surface area (Å²) < 4.78 is 16.9. The average molecular weight is 431 g/mol. The minimum absolute atomic E-state index is 0.0670. The Morgan fingerprint density at radius 3 is 2.25 bits per heavy atom. The zero-order valence-corrected chi connectivity index (χ0v) is 16.9. The summed E-state index contributed by atoms with van der Waals surface area (Å²) in [5.41, 5.74) is -0.411. The molecule has 1 aromatic carbocycles. The standard InChI is InChI=1S/C16H16ClFN4O5S/c1-7(8(2)23)19-27-13(24)9-5-12(11(18)6-10(9)17)22-14(25)20(3)16(28)21(4)15(22)26/h5-7,19H,1-4H3. The van der Waals surface area contributed by atoms with Crippen molar-refractivity contribution in [1.82, 2.24) is 19.2 Å². The summed E-state index contributed by atoms with van der Waals surface area (Å²) in [7, 11) is 2.63. The molecule has 1 atom stereocenters. The van der Waals surface area contributed by atoms with E-state index < -0.39 is 34.9 Å². The summed E-state index contributed by atoms with van der Waals surface area (Å²) in [4.78, 5) is 53.1. The summed E-state index contributed by atoms with van der Waals surface area (Å²) in [6, 6.07) is 0.901. The number of carbonyl (C=O) groups is 2. The highest BCUT2D eigenvalue weighted by Crippen LogP contribution is 2.23. The maximum Gasteiger partial charge on any atom is 0.358 e. The Balaban J connectivity index is 2.61. The number of rotatable bonds is 5. The number of halogens is 2. The van der Waals surface area contributed by atoms with Gasteiger partial charge in [0, 0.05) is 14.1 Å². The third-order valence-electron chi connectivity index (χ3n) is 3.97. The summed E-state index contributed by atoms with van der Waals surface area (Å²) in [6.45, 7) is 2.76. The Hall–Kier alpha value is -2.63. The van der Waals surface area contributed by atoms with Gasteiger partial charge in [-0.2, -0.15) is 0 Å². The van der Waals surface area contributed by atoms with Crippen LogP contribution in [0.5, 0.6) is 0 Å². The first kappa shape index (κ1) is 21.7. The van der Waals surface area contributed by atoms with Gasteiger partial charge in [-0.25, -0.2) is 23.3 Å². The largest absolute Gasteiger partial charge is 0.366 e. The van der Waals surface area contributed by atoms with E-state index in [1.807, 2.05) is 0 Å². The SMILES string of the molecule is CC(=O)C(C)NOC(=O)c1cc(-n2c(=O)n(C)c(=S)n(C)c2=O)c(F)cc1Cl. The van der Waals surface area contributed by atoms with Crippen LogP contribution in [0.2, 0.25) is 5.02 Å². The van der Waals surface area contributed by atoms with Gasteiger partial charge in [0.1, 0.15) is 11.6 Å². The van der Waals surface area contributed by atoms with E-state index in [9.17, 15) is 23.6 Å². The molecule has 0 aliphatic carbocycles.